The van der Waals surface area contributed by atoms with Gasteiger partial charge in [0, 0.05) is 11.6 Å². The van der Waals surface area contributed by atoms with Crippen molar-refractivity contribution in [3.8, 4) is 0 Å². The highest BCUT2D eigenvalue weighted by Gasteiger charge is 2.18. The maximum Gasteiger partial charge on any atom is 0.251 e. The van der Waals surface area contributed by atoms with Gasteiger partial charge in [0.15, 0.2) is 0 Å². The van der Waals surface area contributed by atoms with Gasteiger partial charge in [-0.3, -0.25) is 4.79 Å². The van der Waals surface area contributed by atoms with Gasteiger partial charge in [0.05, 0.1) is 0 Å². The lowest BCUT2D eigenvalue weighted by Gasteiger charge is -2.24. The van der Waals surface area contributed by atoms with Crippen LogP contribution in [0.15, 0.2) is 24.3 Å². The zero-order valence-electron chi connectivity index (χ0n) is 13.1. The van der Waals surface area contributed by atoms with Gasteiger partial charge in [0.1, 0.15) is 0 Å². The van der Waals surface area contributed by atoms with Gasteiger partial charge in [0.2, 0.25) is 0 Å². The van der Waals surface area contributed by atoms with Crippen LogP contribution < -0.4 is 10.6 Å². The summed E-state index contributed by atoms with van der Waals surface area (Å²) in [5.74, 6) is 0.789. The number of benzene rings is 1. The number of hydrogen-bond acceptors (Lipinski definition) is 2. The molecule has 1 heterocycles. The fraction of sp³-hybridized carbons (Fsp3) is 0.611. The van der Waals surface area contributed by atoms with Gasteiger partial charge in [-0.1, -0.05) is 31.4 Å². The van der Waals surface area contributed by atoms with Crippen molar-refractivity contribution < 1.29 is 4.79 Å². The number of carbonyl (C=O) groups is 1. The van der Waals surface area contributed by atoms with E-state index in [2.05, 4.69) is 22.8 Å². The quantitative estimate of drug-likeness (QED) is 0.892. The van der Waals surface area contributed by atoms with Gasteiger partial charge in [-0.2, -0.15) is 0 Å². The first-order chi connectivity index (χ1) is 10.3. The number of hydrogen-bond donors (Lipinski definition) is 2. The van der Waals surface area contributed by atoms with Gasteiger partial charge in [-0.15, -0.1) is 12.4 Å². The van der Waals surface area contributed by atoms with Crippen LogP contribution in [0, 0.1) is 0 Å². The van der Waals surface area contributed by atoms with Gasteiger partial charge < -0.3 is 10.6 Å². The van der Waals surface area contributed by atoms with Crippen LogP contribution in [0.1, 0.15) is 66.8 Å². The second-order valence-corrected chi connectivity index (χ2v) is 6.45. The van der Waals surface area contributed by atoms with E-state index in [1.54, 1.807) is 0 Å². The van der Waals surface area contributed by atoms with Gasteiger partial charge >= 0.3 is 0 Å². The summed E-state index contributed by atoms with van der Waals surface area (Å²) >= 11 is 0. The predicted molar refractivity (Wildman–Crippen MR) is 92.9 cm³/mol. The van der Waals surface area contributed by atoms with E-state index in [4.69, 9.17) is 0 Å². The molecule has 3 rings (SSSR count). The summed E-state index contributed by atoms with van der Waals surface area (Å²) in [6.07, 6.45) is 8.76. The molecule has 4 heteroatoms. The van der Waals surface area contributed by atoms with E-state index in [0.717, 1.165) is 31.5 Å². The molecule has 2 fully saturated rings. The number of carbonyl (C=O) groups excluding carboxylic acids is 1. The second kappa shape index (κ2) is 8.54. The van der Waals surface area contributed by atoms with Crippen molar-refractivity contribution >= 4 is 18.3 Å². The van der Waals surface area contributed by atoms with Crippen LogP contribution in [0.2, 0.25) is 0 Å². The molecule has 0 aromatic heterocycles. The van der Waals surface area contributed by atoms with Crippen LogP contribution in [-0.2, 0) is 0 Å². The lowest BCUT2D eigenvalue weighted by Crippen LogP contribution is -2.42. The normalized spacial score (nSPS) is 20.2. The van der Waals surface area contributed by atoms with Crippen LogP contribution in [0.5, 0.6) is 0 Å². The summed E-state index contributed by atoms with van der Waals surface area (Å²) in [6, 6.07) is 8.65. The Balaban J connectivity index is 0.00000176. The third kappa shape index (κ3) is 4.47. The van der Waals surface area contributed by atoms with E-state index in [1.165, 1.54) is 37.7 Å². The third-order valence-corrected chi connectivity index (χ3v) is 4.92. The molecule has 3 nitrogen and oxygen atoms in total. The Morgan fingerprint density at radius 1 is 0.955 bits per heavy atom. The monoisotopic (exact) mass is 322 g/mol. The molecule has 0 unspecified atom stereocenters. The topological polar surface area (TPSA) is 41.1 Å². The van der Waals surface area contributed by atoms with E-state index in [1.807, 2.05) is 12.1 Å². The summed E-state index contributed by atoms with van der Waals surface area (Å²) in [7, 11) is 0. The van der Waals surface area contributed by atoms with Crippen molar-refractivity contribution in [3.05, 3.63) is 35.4 Å². The lowest BCUT2D eigenvalue weighted by molar-refractivity contribution is 0.0929. The Morgan fingerprint density at radius 2 is 1.59 bits per heavy atom. The first-order valence-electron chi connectivity index (χ1n) is 8.44. The maximum absolute atomic E-state index is 12.3. The molecule has 1 aromatic carbocycles. The van der Waals surface area contributed by atoms with Crippen LogP contribution in [0.3, 0.4) is 0 Å². The summed E-state index contributed by atoms with van der Waals surface area (Å²) in [4.78, 5) is 12.3. The Labute approximate surface area is 139 Å². The third-order valence-electron chi connectivity index (χ3n) is 4.92. The smallest absolute Gasteiger partial charge is 0.251 e. The van der Waals surface area contributed by atoms with Crippen molar-refractivity contribution in [1.29, 1.82) is 0 Å². The molecule has 0 spiro atoms. The largest absolute Gasteiger partial charge is 0.349 e. The minimum Gasteiger partial charge on any atom is -0.349 e. The molecule has 122 valence electrons. The van der Waals surface area contributed by atoms with Gasteiger partial charge in [-0.05, 0) is 62.4 Å². The fourth-order valence-corrected chi connectivity index (χ4v) is 3.58. The standard InChI is InChI=1S/C18H26N2O.ClH/c21-18(20-17-10-12-19-13-11-17)16-8-6-15(7-9-16)14-4-2-1-3-5-14;/h6-9,14,17,19H,1-5,10-13H2,(H,20,21);1H. The zero-order valence-corrected chi connectivity index (χ0v) is 14.0. The number of rotatable bonds is 3. The van der Waals surface area contributed by atoms with E-state index in [-0.39, 0.29) is 18.3 Å². The highest BCUT2D eigenvalue weighted by Crippen LogP contribution is 2.32. The molecule has 1 aliphatic carbocycles. The highest BCUT2D eigenvalue weighted by molar-refractivity contribution is 5.94. The lowest BCUT2D eigenvalue weighted by atomic mass is 9.84. The van der Waals surface area contributed by atoms with Crippen molar-refractivity contribution in [2.45, 2.75) is 56.9 Å². The first kappa shape index (κ1) is 17.3. The minimum atomic E-state index is 0. The molecule has 2 N–H and O–H groups in total. The molecule has 1 aromatic rings. The van der Waals surface area contributed by atoms with Crippen LogP contribution in [0.25, 0.3) is 0 Å². The molecular weight excluding hydrogens is 296 g/mol. The summed E-state index contributed by atoms with van der Waals surface area (Å²) in [6.45, 7) is 2.01. The van der Waals surface area contributed by atoms with Crippen LogP contribution in [-0.4, -0.2) is 25.0 Å². The van der Waals surface area contributed by atoms with E-state index in [0.29, 0.717) is 12.0 Å². The zero-order chi connectivity index (χ0) is 14.5. The molecular formula is C18H27ClN2O. The SMILES string of the molecule is Cl.O=C(NC1CCNCC1)c1ccc(C2CCCCC2)cc1. The number of amides is 1. The molecule has 2 aliphatic rings. The summed E-state index contributed by atoms with van der Waals surface area (Å²) < 4.78 is 0. The van der Waals surface area contributed by atoms with Crippen molar-refractivity contribution in [3.63, 3.8) is 0 Å². The molecule has 1 amide bonds. The minimum absolute atomic E-state index is 0. The van der Waals surface area contributed by atoms with Crippen LogP contribution in [0.4, 0.5) is 0 Å². The average Bonchev–Trinajstić information content (AvgIpc) is 2.57. The molecule has 0 bridgehead atoms. The highest BCUT2D eigenvalue weighted by atomic mass is 35.5. The Morgan fingerprint density at radius 3 is 2.23 bits per heavy atom. The van der Waals surface area contributed by atoms with Crippen molar-refractivity contribution in [2.24, 2.45) is 0 Å². The van der Waals surface area contributed by atoms with E-state index in [9.17, 15) is 4.79 Å². The van der Waals surface area contributed by atoms with E-state index >= 15 is 0 Å². The number of piperidine rings is 1. The fourth-order valence-electron chi connectivity index (χ4n) is 3.58. The van der Waals surface area contributed by atoms with Gasteiger partial charge in [-0.25, -0.2) is 0 Å². The Kier molecular flexibility index (Phi) is 6.71. The molecule has 1 saturated heterocycles. The first-order valence-corrected chi connectivity index (χ1v) is 8.44. The van der Waals surface area contributed by atoms with Crippen LogP contribution >= 0.6 is 12.4 Å². The summed E-state index contributed by atoms with van der Waals surface area (Å²) in [5.41, 5.74) is 2.21. The van der Waals surface area contributed by atoms with Crippen molar-refractivity contribution in [2.75, 3.05) is 13.1 Å². The predicted octanol–water partition coefficient (Wildman–Crippen LogP) is 3.64. The maximum atomic E-state index is 12.3. The molecule has 0 radical (unpaired) electrons. The molecule has 1 saturated carbocycles. The molecule has 1 aliphatic heterocycles. The summed E-state index contributed by atoms with van der Waals surface area (Å²) in [5, 5.41) is 6.48. The Hall–Kier alpha value is -1.06. The Bertz CT molecular complexity index is 462. The van der Waals surface area contributed by atoms with Crippen molar-refractivity contribution in [1.82, 2.24) is 10.6 Å². The average molecular weight is 323 g/mol. The number of halogens is 1. The number of nitrogens with one attached hydrogen (secondary N) is 2. The second-order valence-electron chi connectivity index (χ2n) is 6.45. The van der Waals surface area contributed by atoms with E-state index < -0.39 is 0 Å². The molecule has 0 atom stereocenters. The van der Waals surface area contributed by atoms with Gasteiger partial charge in [0.25, 0.3) is 5.91 Å². The molecule has 22 heavy (non-hydrogen) atoms.